The van der Waals surface area contributed by atoms with Crippen LogP contribution < -0.4 is 5.73 Å². The smallest absolute Gasteiger partial charge is 0.472 e. The highest BCUT2D eigenvalue weighted by Gasteiger charge is 2.22. The van der Waals surface area contributed by atoms with E-state index in [2.05, 4.69) is 0 Å². The van der Waals surface area contributed by atoms with E-state index in [1.807, 2.05) is 14.1 Å². The number of benzene rings is 1. The summed E-state index contributed by atoms with van der Waals surface area (Å²) in [7, 11) is -0.291. The number of phenols is 2. The summed E-state index contributed by atoms with van der Waals surface area (Å²) >= 11 is 0. The first-order valence-corrected chi connectivity index (χ1v) is 8.79. The number of phosphoric ester groups is 1. The molecular weight excluding hydrogens is 323 g/mol. The van der Waals surface area contributed by atoms with Crippen LogP contribution in [-0.2, 0) is 20.0 Å². The Morgan fingerprint density at radius 1 is 1.17 bits per heavy atom. The summed E-state index contributed by atoms with van der Waals surface area (Å²) in [6, 6.07) is 4.50. The number of hydrogen-bond acceptors (Lipinski definition) is 6. The molecule has 1 atom stereocenters. The van der Waals surface area contributed by atoms with Crippen molar-refractivity contribution in [1.29, 1.82) is 0 Å². The third-order valence-corrected chi connectivity index (χ3v) is 4.37. The second-order valence-electron chi connectivity index (χ2n) is 5.90. The Hall–Kier alpha value is -1.15. The van der Waals surface area contributed by atoms with Crippen molar-refractivity contribution in [2.75, 3.05) is 40.5 Å². The molecule has 0 heterocycles. The molecule has 1 rings (SSSR count). The number of nitrogens with two attached hydrogens (primary N) is 1. The molecule has 0 aliphatic heterocycles. The molecule has 1 unspecified atom stereocenters. The summed E-state index contributed by atoms with van der Waals surface area (Å²) in [5.41, 5.74) is 6.34. The summed E-state index contributed by atoms with van der Waals surface area (Å²) in [6.07, 6.45) is 1.01. The minimum Gasteiger partial charge on any atom is -0.504 e. The Labute approximate surface area is 136 Å². The molecule has 0 saturated heterocycles. The number of hydrogen-bond donors (Lipinski definition) is 4. The molecular formula is C14H26N2O6P+. The van der Waals surface area contributed by atoms with Gasteiger partial charge in [-0.3, -0.25) is 14.8 Å². The average molecular weight is 349 g/mol. The number of likely N-dealkylation sites (N-methyl/N-ethyl adjacent to an activating group) is 1. The zero-order chi connectivity index (χ0) is 17.5. The third-order valence-electron chi connectivity index (χ3n) is 3.35. The minimum absolute atomic E-state index is 0.0462. The summed E-state index contributed by atoms with van der Waals surface area (Å²) in [5.74, 6) is -0.378. The van der Waals surface area contributed by atoms with Gasteiger partial charge < -0.3 is 19.6 Å². The van der Waals surface area contributed by atoms with Crippen LogP contribution in [0.3, 0.4) is 0 Å². The monoisotopic (exact) mass is 349 g/mol. The standard InChI is InChI=1S/C14H25N2O6P/c1-16(2,11-15)7-9-22-23(19,20)21-8-3-4-12-5-6-13(17)14(18)10-12/h5-6,10H,3-4,7-9,11,15H2,1-2H3,(H2-,17,18,19,20)/p+1. The lowest BCUT2D eigenvalue weighted by Crippen LogP contribution is -2.46. The van der Waals surface area contributed by atoms with Gasteiger partial charge in [-0.05, 0) is 30.5 Å². The van der Waals surface area contributed by atoms with E-state index in [0.717, 1.165) is 5.56 Å². The molecule has 5 N–H and O–H groups in total. The lowest BCUT2D eigenvalue weighted by molar-refractivity contribution is -0.890. The highest BCUT2D eigenvalue weighted by molar-refractivity contribution is 7.47. The first-order valence-electron chi connectivity index (χ1n) is 7.30. The van der Waals surface area contributed by atoms with Crippen molar-refractivity contribution in [3.05, 3.63) is 23.8 Å². The van der Waals surface area contributed by atoms with E-state index in [1.165, 1.54) is 12.1 Å². The van der Waals surface area contributed by atoms with Crippen molar-refractivity contribution in [1.82, 2.24) is 0 Å². The van der Waals surface area contributed by atoms with Gasteiger partial charge in [0.25, 0.3) is 0 Å². The van der Waals surface area contributed by atoms with Crippen molar-refractivity contribution in [2.45, 2.75) is 12.8 Å². The van der Waals surface area contributed by atoms with Crippen molar-refractivity contribution in [3.63, 3.8) is 0 Å². The van der Waals surface area contributed by atoms with Crippen LogP contribution in [0.15, 0.2) is 18.2 Å². The van der Waals surface area contributed by atoms with E-state index in [4.69, 9.17) is 14.8 Å². The Morgan fingerprint density at radius 2 is 1.83 bits per heavy atom. The van der Waals surface area contributed by atoms with E-state index in [-0.39, 0.29) is 24.7 Å². The van der Waals surface area contributed by atoms with Gasteiger partial charge in [-0.25, -0.2) is 4.57 Å². The van der Waals surface area contributed by atoms with E-state index in [0.29, 0.717) is 30.5 Å². The molecule has 9 heteroatoms. The molecule has 1 aromatic carbocycles. The molecule has 132 valence electrons. The van der Waals surface area contributed by atoms with Crippen LogP contribution in [0.5, 0.6) is 11.5 Å². The molecule has 8 nitrogen and oxygen atoms in total. The van der Waals surface area contributed by atoms with Gasteiger partial charge in [0, 0.05) is 0 Å². The Balaban J connectivity index is 2.28. The molecule has 0 aliphatic carbocycles. The topological polar surface area (TPSA) is 122 Å². The van der Waals surface area contributed by atoms with Crippen LogP contribution in [0.2, 0.25) is 0 Å². The molecule has 0 amide bonds. The van der Waals surface area contributed by atoms with Crippen molar-refractivity contribution in [3.8, 4) is 11.5 Å². The van der Waals surface area contributed by atoms with E-state index < -0.39 is 7.82 Å². The highest BCUT2D eigenvalue weighted by Crippen LogP contribution is 2.43. The van der Waals surface area contributed by atoms with Gasteiger partial charge in [-0.2, -0.15) is 0 Å². The van der Waals surface area contributed by atoms with E-state index >= 15 is 0 Å². The molecule has 0 radical (unpaired) electrons. The maximum atomic E-state index is 11.7. The number of aromatic hydroxyl groups is 2. The van der Waals surface area contributed by atoms with E-state index in [1.54, 1.807) is 6.07 Å². The van der Waals surface area contributed by atoms with Crippen LogP contribution in [0.1, 0.15) is 12.0 Å². The fourth-order valence-corrected chi connectivity index (χ4v) is 2.46. The molecule has 23 heavy (non-hydrogen) atoms. The number of aryl methyl sites for hydroxylation is 1. The Bertz CT molecular complexity index is 552. The molecule has 1 aromatic rings. The predicted molar refractivity (Wildman–Crippen MR) is 85.9 cm³/mol. The van der Waals surface area contributed by atoms with Crippen LogP contribution in [-0.4, -0.2) is 60.1 Å². The highest BCUT2D eigenvalue weighted by atomic mass is 31.2. The Kier molecular flexibility index (Phi) is 7.47. The normalized spacial score (nSPS) is 14.6. The van der Waals surface area contributed by atoms with Crippen molar-refractivity contribution >= 4 is 7.82 Å². The zero-order valence-electron chi connectivity index (χ0n) is 13.5. The van der Waals surface area contributed by atoms with Gasteiger partial charge in [0.1, 0.15) is 19.8 Å². The fraction of sp³-hybridized carbons (Fsp3) is 0.571. The summed E-state index contributed by atoms with van der Waals surface area (Å²) in [4.78, 5) is 9.56. The summed E-state index contributed by atoms with van der Waals surface area (Å²) in [5, 5.41) is 18.6. The van der Waals surface area contributed by atoms with Crippen molar-refractivity contribution < 1.29 is 33.2 Å². The second kappa shape index (κ2) is 8.63. The number of phenolic OH excluding ortho intramolecular Hbond substituents is 2. The molecule has 0 saturated carbocycles. The Morgan fingerprint density at radius 3 is 2.43 bits per heavy atom. The maximum absolute atomic E-state index is 11.7. The number of rotatable bonds is 10. The van der Waals surface area contributed by atoms with Crippen LogP contribution in [0.4, 0.5) is 0 Å². The molecule has 0 aromatic heterocycles. The fourth-order valence-electron chi connectivity index (χ4n) is 1.71. The third kappa shape index (κ3) is 7.78. The first-order chi connectivity index (χ1) is 10.7. The summed E-state index contributed by atoms with van der Waals surface area (Å²) < 4.78 is 22.0. The predicted octanol–water partition coefficient (Wildman–Crippen LogP) is 1.16. The van der Waals surface area contributed by atoms with Crippen LogP contribution in [0, 0.1) is 0 Å². The van der Waals surface area contributed by atoms with Crippen LogP contribution in [0.25, 0.3) is 0 Å². The van der Waals surface area contributed by atoms with Gasteiger partial charge in [-0.1, -0.05) is 6.07 Å². The molecule has 0 bridgehead atoms. The number of phosphoric acid groups is 1. The number of nitrogens with zero attached hydrogens (tertiary/aromatic N) is 1. The van der Waals surface area contributed by atoms with Gasteiger partial charge in [0.05, 0.1) is 20.7 Å². The van der Waals surface area contributed by atoms with Crippen LogP contribution >= 0.6 is 7.82 Å². The lowest BCUT2D eigenvalue weighted by atomic mass is 10.1. The lowest BCUT2D eigenvalue weighted by Gasteiger charge is -2.27. The van der Waals surface area contributed by atoms with Gasteiger partial charge in [-0.15, -0.1) is 0 Å². The van der Waals surface area contributed by atoms with Gasteiger partial charge in [0.2, 0.25) is 0 Å². The van der Waals surface area contributed by atoms with Gasteiger partial charge >= 0.3 is 7.82 Å². The average Bonchev–Trinajstić information content (AvgIpc) is 2.47. The molecule has 0 spiro atoms. The SMILES string of the molecule is C[N+](C)(CN)CCOP(=O)(O)OCCCc1ccc(O)c(O)c1. The quantitative estimate of drug-likeness (QED) is 0.164. The minimum atomic E-state index is -4.07. The largest absolute Gasteiger partial charge is 0.504 e. The second-order valence-corrected chi connectivity index (χ2v) is 7.36. The zero-order valence-corrected chi connectivity index (χ0v) is 14.4. The molecule has 0 fully saturated rings. The van der Waals surface area contributed by atoms with Gasteiger partial charge in [0.15, 0.2) is 11.5 Å². The first kappa shape index (κ1) is 19.9. The number of quaternary nitrogens is 1. The van der Waals surface area contributed by atoms with E-state index in [9.17, 15) is 19.7 Å². The summed E-state index contributed by atoms with van der Waals surface area (Å²) in [6.45, 7) is 1.02. The molecule has 0 aliphatic rings. The van der Waals surface area contributed by atoms with Crippen molar-refractivity contribution in [2.24, 2.45) is 5.73 Å². The maximum Gasteiger partial charge on any atom is 0.472 e.